The first-order valence-corrected chi connectivity index (χ1v) is 11.9. The molecule has 2 atom stereocenters. The van der Waals surface area contributed by atoms with Gasteiger partial charge in [-0.3, -0.25) is 9.59 Å². The zero-order valence-electron chi connectivity index (χ0n) is 19.2. The molecule has 0 spiro atoms. The van der Waals surface area contributed by atoms with E-state index in [0.29, 0.717) is 33.5 Å². The number of benzene rings is 2. The number of anilines is 1. The molecule has 2 aromatic carbocycles. The zero-order chi connectivity index (χ0) is 24.8. The minimum Gasteiger partial charge on any atom is -0.495 e. The summed E-state index contributed by atoms with van der Waals surface area (Å²) in [5.74, 6) is -0.764. The smallest absolute Gasteiger partial charge is 0.234 e. The lowest BCUT2D eigenvalue weighted by atomic mass is 9.79. The van der Waals surface area contributed by atoms with Gasteiger partial charge in [-0.15, -0.1) is 0 Å². The van der Waals surface area contributed by atoms with Crippen molar-refractivity contribution >= 4 is 34.9 Å². The summed E-state index contributed by atoms with van der Waals surface area (Å²) >= 11 is 1.19. The fourth-order valence-electron chi connectivity index (χ4n) is 3.97. The number of furan rings is 1. The molecule has 0 fully saturated rings. The van der Waals surface area contributed by atoms with E-state index in [-0.39, 0.29) is 23.0 Å². The monoisotopic (exact) mass is 485 g/mol. The number of carbonyl (C=O) groups is 2. The number of Topliss-reactive ketones (excluding diaryl/α,β-unsaturated/α-hetero) is 1. The van der Waals surface area contributed by atoms with Gasteiger partial charge in [0.25, 0.3) is 0 Å². The molecule has 1 unspecified atom stereocenters. The van der Waals surface area contributed by atoms with Crippen LogP contribution in [0.5, 0.6) is 5.75 Å². The van der Waals surface area contributed by atoms with Crippen LogP contribution in [-0.2, 0) is 4.79 Å². The van der Waals surface area contributed by atoms with Crippen molar-refractivity contribution in [1.82, 2.24) is 0 Å². The summed E-state index contributed by atoms with van der Waals surface area (Å²) < 4.78 is 11.0. The Morgan fingerprint density at radius 3 is 2.54 bits per heavy atom. The average molecular weight is 486 g/mol. The van der Waals surface area contributed by atoms with E-state index in [1.807, 2.05) is 12.1 Å². The van der Waals surface area contributed by atoms with E-state index in [2.05, 4.69) is 16.4 Å². The van der Waals surface area contributed by atoms with Crippen molar-refractivity contribution < 1.29 is 18.7 Å². The summed E-state index contributed by atoms with van der Waals surface area (Å²) in [6.45, 7) is 1.75. The Kier molecular flexibility index (Phi) is 7.48. The first-order chi connectivity index (χ1) is 17.0. The molecule has 1 amide bonds. The zero-order valence-corrected chi connectivity index (χ0v) is 20.0. The number of methoxy groups -OCH3 is 1. The van der Waals surface area contributed by atoms with Gasteiger partial charge < -0.3 is 14.5 Å². The fraction of sp³-hybridized carbons (Fsp3) is 0.185. The number of carbonyl (C=O) groups excluding carboxylic acids is 2. The number of hydrogen-bond acceptors (Lipinski definition) is 7. The van der Waals surface area contributed by atoms with Gasteiger partial charge in [0.2, 0.25) is 5.91 Å². The largest absolute Gasteiger partial charge is 0.495 e. The molecule has 0 radical (unpaired) electrons. The topological polar surface area (TPSA) is 105 Å². The average Bonchev–Trinajstić information content (AvgIpc) is 3.42. The van der Waals surface area contributed by atoms with Crippen LogP contribution in [0.1, 0.15) is 29.0 Å². The van der Waals surface area contributed by atoms with Crippen LogP contribution in [0.3, 0.4) is 0 Å². The summed E-state index contributed by atoms with van der Waals surface area (Å²) in [7, 11) is 1.53. The Labute approximate surface area is 207 Å². The molecule has 0 bridgehead atoms. The van der Waals surface area contributed by atoms with Crippen molar-refractivity contribution in [2.75, 3.05) is 18.2 Å². The van der Waals surface area contributed by atoms with Crippen LogP contribution in [0.25, 0.3) is 0 Å². The maximum absolute atomic E-state index is 13.5. The number of thioether (sulfide) groups is 1. The second-order valence-corrected chi connectivity index (χ2v) is 8.79. The number of rotatable bonds is 8. The van der Waals surface area contributed by atoms with E-state index in [1.54, 1.807) is 61.5 Å². The molecule has 1 aromatic heterocycles. The third-order valence-corrected chi connectivity index (χ3v) is 6.65. The SMILES string of the molecule is COc1ccccc1NC(=O)C1C(C)=NC(SCC(=O)c2ccccc2)=C(C#N)[C@@H]1c1ccco1. The molecule has 1 aliphatic heterocycles. The number of nitriles is 1. The molecule has 8 heteroatoms. The highest BCUT2D eigenvalue weighted by molar-refractivity contribution is 8.03. The first kappa shape index (κ1) is 24.0. The van der Waals surface area contributed by atoms with E-state index in [9.17, 15) is 14.9 Å². The quantitative estimate of drug-likeness (QED) is 0.425. The van der Waals surface area contributed by atoms with Crippen molar-refractivity contribution in [3.63, 3.8) is 0 Å². The standard InChI is InChI=1S/C27H23N3O4S/c1-17-24(26(32)30-20-11-6-7-12-22(20)33-2)25(23-13-8-14-34-23)19(15-28)27(29-17)35-16-21(31)18-9-4-3-5-10-18/h3-14,24-25H,16H2,1-2H3,(H,30,32)/t24?,25-/m1/s1. The number of ether oxygens (including phenoxy) is 1. The van der Waals surface area contributed by atoms with E-state index in [1.165, 1.54) is 25.1 Å². The van der Waals surface area contributed by atoms with Crippen LogP contribution < -0.4 is 10.1 Å². The van der Waals surface area contributed by atoms with Gasteiger partial charge >= 0.3 is 0 Å². The van der Waals surface area contributed by atoms with Crippen LogP contribution in [0, 0.1) is 17.2 Å². The molecule has 0 saturated heterocycles. The Bertz CT molecular complexity index is 1320. The number of hydrogen-bond donors (Lipinski definition) is 1. The van der Waals surface area contributed by atoms with Crippen LogP contribution in [0.15, 0.2) is 93.0 Å². The van der Waals surface area contributed by atoms with Gasteiger partial charge in [0.05, 0.1) is 48.3 Å². The summed E-state index contributed by atoms with van der Waals surface area (Å²) in [6.07, 6.45) is 1.51. The third-order valence-electron chi connectivity index (χ3n) is 5.66. The van der Waals surface area contributed by atoms with Crippen LogP contribution in [0.2, 0.25) is 0 Å². The van der Waals surface area contributed by atoms with E-state index < -0.39 is 11.8 Å². The highest BCUT2D eigenvalue weighted by atomic mass is 32.2. The number of para-hydroxylation sites is 2. The van der Waals surface area contributed by atoms with Crippen molar-refractivity contribution in [2.45, 2.75) is 12.8 Å². The summed E-state index contributed by atoms with van der Waals surface area (Å²) in [6, 6.07) is 21.7. The second kappa shape index (κ2) is 10.9. The van der Waals surface area contributed by atoms with Gasteiger partial charge in [-0.05, 0) is 31.2 Å². The van der Waals surface area contributed by atoms with Crippen molar-refractivity contribution in [1.29, 1.82) is 5.26 Å². The van der Waals surface area contributed by atoms with Crippen molar-refractivity contribution in [2.24, 2.45) is 10.9 Å². The molecule has 4 rings (SSSR count). The Hall–Kier alpha value is -4.09. The number of ketones is 1. The fourth-order valence-corrected chi connectivity index (χ4v) is 4.94. The maximum atomic E-state index is 13.5. The normalized spacial score (nSPS) is 17.3. The van der Waals surface area contributed by atoms with Gasteiger partial charge in [0, 0.05) is 11.3 Å². The van der Waals surface area contributed by atoms with Crippen molar-refractivity contribution in [3.05, 3.63) is 94.9 Å². The second-order valence-electron chi connectivity index (χ2n) is 7.82. The lowest BCUT2D eigenvalue weighted by Crippen LogP contribution is -2.36. The maximum Gasteiger partial charge on any atom is 0.234 e. The molecular weight excluding hydrogens is 462 g/mol. The van der Waals surface area contributed by atoms with Gasteiger partial charge in [-0.2, -0.15) is 5.26 Å². The highest BCUT2D eigenvalue weighted by Crippen LogP contribution is 2.42. The third kappa shape index (κ3) is 5.20. The Morgan fingerprint density at radius 2 is 1.86 bits per heavy atom. The van der Waals surface area contributed by atoms with Gasteiger partial charge in [0.15, 0.2) is 5.78 Å². The van der Waals surface area contributed by atoms with E-state index in [4.69, 9.17) is 9.15 Å². The van der Waals surface area contributed by atoms with Gasteiger partial charge in [-0.25, -0.2) is 4.99 Å². The summed E-state index contributed by atoms with van der Waals surface area (Å²) in [4.78, 5) is 30.7. The molecule has 0 aliphatic carbocycles. The minimum atomic E-state index is -0.783. The first-order valence-electron chi connectivity index (χ1n) is 10.9. The molecule has 176 valence electrons. The number of aliphatic imine (C=N–C) groups is 1. The molecule has 1 aliphatic rings. The van der Waals surface area contributed by atoms with Crippen LogP contribution >= 0.6 is 11.8 Å². The lowest BCUT2D eigenvalue weighted by Gasteiger charge is -2.29. The van der Waals surface area contributed by atoms with Gasteiger partial charge in [0.1, 0.15) is 16.5 Å². The number of amides is 1. The number of nitrogens with zero attached hydrogens (tertiary/aromatic N) is 2. The molecule has 2 heterocycles. The molecule has 3 aromatic rings. The lowest BCUT2D eigenvalue weighted by molar-refractivity contribution is -0.118. The highest BCUT2D eigenvalue weighted by Gasteiger charge is 2.41. The van der Waals surface area contributed by atoms with Gasteiger partial charge in [-0.1, -0.05) is 54.2 Å². The van der Waals surface area contributed by atoms with E-state index in [0.717, 1.165) is 0 Å². The molecule has 1 N–H and O–H groups in total. The van der Waals surface area contributed by atoms with Crippen LogP contribution in [-0.4, -0.2) is 30.3 Å². The minimum absolute atomic E-state index is 0.0705. The Balaban J connectivity index is 1.65. The number of nitrogens with one attached hydrogen (secondary N) is 1. The number of allylic oxidation sites excluding steroid dienone is 1. The predicted molar refractivity (Wildman–Crippen MR) is 136 cm³/mol. The predicted octanol–water partition coefficient (Wildman–Crippen LogP) is 5.45. The van der Waals surface area contributed by atoms with Crippen molar-refractivity contribution in [3.8, 4) is 11.8 Å². The molecular formula is C27H23N3O4S. The summed E-state index contributed by atoms with van der Waals surface area (Å²) in [5, 5.41) is 13.4. The van der Waals surface area contributed by atoms with Crippen LogP contribution in [0.4, 0.5) is 5.69 Å². The van der Waals surface area contributed by atoms with E-state index >= 15 is 0 Å². The molecule has 7 nitrogen and oxygen atoms in total. The Morgan fingerprint density at radius 1 is 1.11 bits per heavy atom. The summed E-state index contributed by atoms with van der Waals surface area (Å²) in [5.41, 5.74) is 1.92. The molecule has 0 saturated carbocycles. The molecule has 35 heavy (non-hydrogen) atoms.